The van der Waals surface area contributed by atoms with Crippen LogP contribution >= 0.6 is 0 Å². The minimum absolute atomic E-state index is 0.0646. The molecule has 0 bridgehead atoms. The molecule has 0 atom stereocenters. The van der Waals surface area contributed by atoms with E-state index in [1.807, 2.05) is 0 Å². The van der Waals surface area contributed by atoms with E-state index in [1.165, 1.54) is 37.4 Å². The van der Waals surface area contributed by atoms with Crippen molar-refractivity contribution in [1.29, 1.82) is 5.26 Å². The predicted molar refractivity (Wildman–Crippen MR) is 114 cm³/mol. The molecule has 1 amide bonds. The third kappa shape index (κ3) is 4.94. The number of aromatic hydroxyl groups is 1. The van der Waals surface area contributed by atoms with Crippen molar-refractivity contribution in [3.05, 3.63) is 80.1 Å². The van der Waals surface area contributed by atoms with Crippen molar-refractivity contribution in [1.82, 2.24) is 0 Å². The number of phenols is 1. The Kier molecular flexibility index (Phi) is 6.35. The molecule has 0 saturated carbocycles. The van der Waals surface area contributed by atoms with E-state index < -0.39 is 27.1 Å². The zero-order chi connectivity index (χ0) is 24.1. The number of nitrogens with zero attached hydrogens (tertiary/aromatic N) is 3. The van der Waals surface area contributed by atoms with Crippen LogP contribution in [-0.2, 0) is 4.79 Å². The minimum atomic E-state index is -0.907. The number of rotatable bonds is 7. The van der Waals surface area contributed by atoms with E-state index in [4.69, 9.17) is 9.15 Å². The number of carbonyl (C=O) groups is 1. The van der Waals surface area contributed by atoms with Crippen LogP contribution in [0.15, 0.2) is 58.5 Å². The number of nitro groups is 2. The maximum Gasteiger partial charge on any atom is 0.284 e. The number of hydrogen-bond acceptors (Lipinski definition) is 9. The fourth-order valence-electron chi connectivity index (χ4n) is 2.79. The van der Waals surface area contributed by atoms with Gasteiger partial charge in [-0.3, -0.25) is 25.0 Å². The summed E-state index contributed by atoms with van der Waals surface area (Å²) in [6.45, 7) is 0. The maximum absolute atomic E-state index is 12.4. The molecule has 0 aliphatic rings. The molecule has 1 aromatic heterocycles. The number of nitrogens with one attached hydrogen (secondary N) is 1. The Balaban J connectivity index is 1.86. The van der Waals surface area contributed by atoms with E-state index in [9.17, 15) is 35.4 Å². The van der Waals surface area contributed by atoms with Crippen molar-refractivity contribution >= 4 is 29.0 Å². The highest BCUT2D eigenvalue weighted by molar-refractivity contribution is 6.10. The predicted octanol–water partition coefficient (Wildman–Crippen LogP) is 4.02. The second kappa shape index (κ2) is 9.31. The van der Waals surface area contributed by atoms with Crippen LogP contribution in [-0.4, -0.2) is 28.0 Å². The second-order valence-corrected chi connectivity index (χ2v) is 6.42. The number of ether oxygens (including phenoxy) is 1. The average Bonchev–Trinajstić information content (AvgIpc) is 3.26. The topological polar surface area (TPSA) is 182 Å². The van der Waals surface area contributed by atoms with E-state index in [0.717, 1.165) is 24.3 Å². The average molecular weight is 450 g/mol. The van der Waals surface area contributed by atoms with Gasteiger partial charge in [-0.05, 0) is 30.3 Å². The lowest BCUT2D eigenvalue weighted by molar-refractivity contribution is -0.385. The third-order valence-corrected chi connectivity index (χ3v) is 4.39. The number of nitro benzene ring substituents is 2. The first kappa shape index (κ1) is 22.5. The molecule has 0 aliphatic heterocycles. The summed E-state index contributed by atoms with van der Waals surface area (Å²) in [6, 6.07) is 11.8. The number of nitriles is 1. The van der Waals surface area contributed by atoms with Gasteiger partial charge in [0, 0.05) is 12.1 Å². The molecule has 0 fully saturated rings. The van der Waals surface area contributed by atoms with Crippen molar-refractivity contribution < 1.29 is 28.9 Å². The number of methoxy groups -OCH3 is 1. The molecule has 0 saturated heterocycles. The van der Waals surface area contributed by atoms with Crippen LogP contribution in [0.4, 0.5) is 17.1 Å². The molecular weight excluding hydrogens is 436 g/mol. The molecule has 0 aliphatic carbocycles. The van der Waals surface area contributed by atoms with Gasteiger partial charge in [-0.2, -0.15) is 5.26 Å². The number of benzene rings is 2. The van der Waals surface area contributed by atoms with Gasteiger partial charge in [0.15, 0.2) is 0 Å². The molecule has 3 rings (SSSR count). The van der Waals surface area contributed by atoms with Crippen LogP contribution in [0.1, 0.15) is 5.76 Å². The number of carbonyl (C=O) groups excluding carboxylic acids is 1. The van der Waals surface area contributed by atoms with Gasteiger partial charge in [-0.1, -0.05) is 0 Å². The normalized spacial score (nSPS) is 10.8. The molecule has 2 N–H and O–H groups in total. The molecule has 166 valence electrons. The number of anilines is 1. The summed E-state index contributed by atoms with van der Waals surface area (Å²) in [7, 11) is 1.37. The fourth-order valence-corrected chi connectivity index (χ4v) is 2.79. The summed E-state index contributed by atoms with van der Waals surface area (Å²) in [6.07, 6.45) is 1.11. The molecule has 1 heterocycles. The molecule has 0 spiro atoms. The van der Waals surface area contributed by atoms with Crippen molar-refractivity contribution in [2.24, 2.45) is 0 Å². The second-order valence-electron chi connectivity index (χ2n) is 6.42. The summed E-state index contributed by atoms with van der Waals surface area (Å²) in [4.78, 5) is 33.2. The Morgan fingerprint density at radius 1 is 1.15 bits per heavy atom. The van der Waals surface area contributed by atoms with Crippen molar-refractivity contribution in [3.8, 4) is 28.9 Å². The zero-order valence-electron chi connectivity index (χ0n) is 16.8. The first-order chi connectivity index (χ1) is 15.7. The quantitative estimate of drug-likeness (QED) is 0.176. The van der Waals surface area contributed by atoms with Crippen LogP contribution in [0.3, 0.4) is 0 Å². The van der Waals surface area contributed by atoms with Gasteiger partial charge in [0.1, 0.15) is 34.7 Å². The fraction of sp³-hybridized carbons (Fsp3) is 0.0476. The Hall–Kier alpha value is -5.18. The highest BCUT2D eigenvalue weighted by Gasteiger charge is 2.20. The van der Waals surface area contributed by atoms with Gasteiger partial charge in [-0.15, -0.1) is 0 Å². The summed E-state index contributed by atoms with van der Waals surface area (Å²) in [5.41, 5.74) is -1.01. The van der Waals surface area contributed by atoms with Gasteiger partial charge in [0.05, 0.1) is 40.3 Å². The van der Waals surface area contributed by atoms with E-state index in [2.05, 4.69) is 5.32 Å². The number of furan rings is 1. The molecular formula is C21H14N4O8. The molecule has 33 heavy (non-hydrogen) atoms. The maximum atomic E-state index is 12.4. The Morgan fingerprint density at radius 2 is 1.91 bits per heavy atom. The van der Waals surface area contributed by atoms with Crippen LogP contribution in [0.2, 0.25) is 0 Å². The van der Waals surface area contributed by atoms with E-state index in [0.29, 0.717) is 0 Å². The smallest absolute Gasteiger partial charge is 0.284 e. The summed E-state index contributed by atoms with van der Waals surface area (Å²) in [5.74, 6) is -0.983. The van der Waals surface area contributed by atoms with Gasteiger partial charge >= 0.3 is 0 Å². The molecule has 12 heteroatoms. The monoisotopic (exact) mass is 450 g/mol. The molecule has 0 unspecified atom stereocenters. The van der Waals surface area contributed by atoms with Gasteiger partial charge in [-0.25, -0.2) is 0 Å². The zero-order valence-corrected chi connectivity index (χ0v) is 16.8. The largest absolute Gasteiger partial charge is 0.506 e. The van der Waals surface area contributed by atoms with Gasteiger partial charge < -0.3 is 19.6 Å². The van der Waals surface area contributed by atoms with E-state index in [-0.39, 0.29) is 39.9 Å². The van der Waals surface area contributed by atoms with Crippen LogP contribution in [0.25, 0.3) is 17.4 Å². The summed E-state index contributed by atoms with van der Waals surface area (Å²) in [5, 5.41) is 43.6. The lowest BCUT2D eigenvalue weighted by atomic mass is 10.1. The number of phenolic OH excluding ortho intramolecular Hbond substituents is 1. The van der Waals surface area contributed by atoms with Crippen molar-refractivity contribution in [2.45, 2.75) is 0 Å². The SMILES string of the molecule is COc1ccc(-c2ccc(C=C(C#N)C(=O)Nc3ccc([N+](=O)[O-])cc3O)o2)c([N+](=O)[O-])c1. The number of non-ortho nitro benzene ring substituents is 1. The van der Waals surface area contributed by atoms with Crippen LogP contribution in [0, 0.1) is 31.6 Å². The first-order valence-electron chi connectivity index (χ1n) is 9.06. The Morgan fingerprint density at radius 3 is 2.52 bits per heavy atom. The number of hydrogen-bond donors (Lipinski definition) is 2. The minimum Gasteiger partial charge on any atom is -0.506 e. The Bertz CT molecular complexity index is 1340. The summed E-state index contributed by atoms with van der Waals surface area (Å²) >= 11 is 0. The van der Waals surface area contributed by atoms with Crippen LogP contribution in [0.5, 0.6) is 11.5 Å². The van der Waals surface area contributed by atoms with Gasteiger partial charge in [0.25, 0.3) is 17.3 Å². The highest BCUT2D eigenvalue weighted by Crippen LogP contribution is 2.34. The molecule has 0 radical (unpaired) electrons. The first-order valence-corrected chi connectivity index (χ1v) is 9.06. The molecule has 2 aromatic carbocycles. The number of amides is 1. The summed E-state index contributed by atoms with van der Waals surface area (Å²) < 4.78 is 10.5. The molecule has 3 aromatic rings. The van der Waals surface area contributed by atoms with E-state index >= 15 is 0 Å². The van der Waals surface area contributed by atoms with Crippen LogP contribution < -0.4 is 10.1 Å². The standard InChI is InChI=1S/C21H14N4O8/c1-32-14-3-5-16(18(10-14)25(30)31)20-7-4-15(33-20)8-12(11-22)21(27)23-17-6-2-13(24(28)29)9-19(17)26/h2-10,26H,1H3,(H,23,27). The van der Waals surface area contributed by atoms with Crippen molar-refractivity contribution in [3.63, 3.8) is 0 Å². The van der Waals surface area contributed by atoms with E-state index in [1.54, 1.807) is 6.07 Å². The highest BCUT2D eigenvalue weighted by atomic mass is 16.6. The van der Waals surface area contributed by atoms with Crippen molar-refractivity contribution in [2.75, 3.05) is 12.4 Å². The lowest BCUT2D eigenvalue weighted by Crippen LogP contribution is -2.13. The lowest BCUT2D eigenvalue weighted by Gasteiger charge is -2.06. The molecule has 12 nitrogen and oxygen atoms in total. The van der Waals surface area contributed by atoms with Gasteiger partial charge in [0.2, 0.25) is 0 Å². The third-order valence-electron chi connectivity index (χ3n) is 4.39. The Labute approximate surface area is 185 Å².